The molecule has 1 aliphatic rings. The number of aromatic nitrogens is 3. The summed E-state index contributed by atoms with van der Waals surface area (Å²) < 4.78 is 1.89. The van der Waals surface area contributed by atoms with Crippen LogP contribution in [0.25, 0.3) is 5.65 Å². The van der Waals surface area contributed by atoms with Crippen molar-refractivity contribution in [3.8, 4) is 0 Å². The van der Waals surface area contributed by atoms with Crippen molar-refractivity contribution in [3.05, 3.63) is 66.1 Å². The summed E-state index contributed by atoms with van der Waals surface area (Å²) in [5, 5.41) is 11.2. The van der Waals surface area contributed by atoms with Gasteiger partial charge in [0.1, 0.15) is 0 Å². The van der Waals surface area contributed by atoms with Gasteiger partial charge in [-0.3, -0.25) is 19.0 Å². The van der Waals surface area contributed by atoms with Gasteiger partial charge in [-0.2, -0.15) is 0 Å². The maximum Gasteiger partial charge on any atom is 0.234 e. The molecule has 0 radical (unpaired) electrons. The maximum atomic E-state index is 12.3. The number of hydrogen-bond donors (Lipinski definition) is 1. The zero-order valence-corrected chi connectivity index (χ0v) is 15.3. The standard InChI is InChI=1S/C20H24N6O/c27-20(21-14-19-23-22-18-8-4-5-9-26(18)19)16-25-12-10-24(11-13-25)15-17-6-2-1-3-7-17/h1-9H,10-16H2,(H,21,27). The first-order valence-electron chi connectivity index (χ1n) is 9.32. The van der Waals surface area contributed by atoms with Crippen molar-refractivity contribution in [1.29, 1.82) is 0 Å². The monoisotopic (exact) mass is 364 g/mol. The first-order valence-corrected chi connectivity index (χ1v) is 9.32. The van der Waals surface area contributed by atoms with E-state index in [0.29, 0.717) is 13.1 Å². The molecule has 0 saturated carbocycles. The van der Waals surface area contributed by atoms with E-state index in [9.17, 15) is 4.79 Å². The number of nitrogens with zero attached hydrogens (tertiary/aromatic N) is 5. The molecule has 0 bridgehead atoms. The summed E-state index contributed by atoms with van der Waals surface area (Å²) in [6, 6.07) is 16.3. The molecule has 140 valence electrons. The van der Waals surface area contributed by atoms with Gasteiger partial charge in [-0.05, 0) is 17.7 Å². The molecule has 1 amide bonds. The van der Waals surface area contributed by atoms with Crippen molar-refractivity contribution in [2.45, 2.75) is 13.1 Å². The summed E-state index contributed by atoms with van der Waals surface area (Å²) in [6.45, 7) is 5.57. The number of pyridine rings is 1. The number of benzene rings is 1. The van der Waals surface area contributed by atoms with Gasteiger partial charge in [0.15, 0.2) is 11.5 Å². The third-order valence-electron chi connectivity index (χ3n) is 4.91. The predicted octanol–water partition coefficient (Wildman–Crippen LogP) is 1.16. The van der Waals surface area contributed by atoms with Crippen LogP contribution >= 0.6 is 0 Å². The molecule has 2 aromatic heterocycles. The van der Waals surface area contributed by atoms with E-state index in [1.165, 1.54) is 5.56 Å². The van der Waals surface area contributed by atoms with Crippen molar-refractivity contribution in [1.82, 2.24) is 29.7 Å². The van der Waals surface area contributed by atoms with Gasteiger partial charge in [0, 0.05) is 38.9 Å². The number of nitrogens with one attached hydrogen (secondary N) is 1. The highest BCUT2D eigenvalue weighted by molar-refractivity contribution is 5.77. The van der Waals surface area contributed by atoms with E-state index in [1.807, 2.05) is 34.9 Å². The van der Waals surface area contributed by atoms with E-state index in [1.54, 1.807) is 0 Å². The largest absolute Gasteiger partial charge is 0.348 e. The quantitative estimate of drug-likeness (QED) is 0.711. The maximum absolute atomic E-state index is 12.3. The van der Waals surface area contributed by atoms with Crippen molar-refractivity contribution in [2.24, 2.45) is 0 Å². The fourth-order valence-electron chi connectivity index (χ4n) is 3.40. The van der Waals surface area contributed by atoms with E-state index < -0.39 is 0 Å². The SMILES string of the molecule is O=C(CN1CCN(Cc2ccccc2)CC1)NCc1nnc2ccccn12. The zero-order chi connectivity index (χ0) is 18.5. The first kappa shape index (κ1) is 17.6. The highest BCUT2D eigenvalue weighted by atomic mass is 16.2. The molecule has 0 atom stereocenters. The highest BCUT2D eigenvalue weighted by Crippen LogP contribution is 2.08. The molecule has 1 aliphatic heterocycles. The molecule has 27 heavy (non-hydrogen) atoms. The van der Waals surface area contributed by atoms with Crippen LogP contribution in [0.15, 0.2) is 54.7 Å². The molecule has 3 heterocycles. The van der Waals surface area contributed by atoms with Crippen molar-refractivity contribution in [2.75, 3.05) is 32.7 Å². The smallest absolute Gasteiger partial charge is 0.234 e. The van der Waals surface area contributed by atoms with E-state index in [0.717, 1.165) is 44.2 Å². The van der Waals surface area contributed by atoms with Gasteiger partial charge in [-0.15, -0.1) is 10.2 Å². The Kier molecular flexibility index (Phi) is 5.41. The summed E-state index contributed by atoms with van der Waals surface area (Å²) in [5.74, 6) is 0.769. The predicted molar refractivity (Wildman–Crippen MR) is 103 cm³/mol. The van der Waals surface area contributed by atoms with Crippen LogP contribution in [0.2, 0.25) is 0 Å². The molecule has 0 aliphatic carbocycles. The van der Waals surface area contributed by atoms with Gasteiger partial charge in [-0.1, -0.05) is 36.4 Å². The highest BCUT2D eigenvalue weighted by Gasteiger charge is 2.19. The number of piperazine rings is 1. The number of amides is 1. The normalized spacial score (nSPS) is 15.9. The van der Waals surface area contributed by atoms with Crippen LogP contribution in [0.4, 0.5) is 0 Å². The van der Waals surface area contributed by atoms with Crippen LogP contribution < -0.4 is 5.32 Å². The van der Waals surface area contributed by atoms with Crippen LogP contribution in [0.1, 0.15) is 11.4 Å². The summed E-state index contributed by atoms with van der Waals surface area (Å²) in [7, 11) is 0. The second-order valence-electron chi connectivity index (χ2n) is 6.86. The Morgan fingerprint density at radius 3 is 2.48 bits per heavy atom. The first-order chi connectivity index (χ1) is 13.3. The fraction of sp³-hybridized carbons (Fsp3) is 0.350. The minimum atomic E-state index is 0.0270. The molecule has 0 spiro atoms. The lowest BCUT2D eigenvalue weighted by atomic mass is 10.2. The molecule has 7 heteroatoms. The molecule has 1 saturated heterocycles. The van der Waals surface area contributed by atoms with Crippen LogP contribution in [0.3, 0.4) is 0 Å². The average molecular weight is 364 g/mol. The molecule has 7 nitrogen and oxygen atoms in total. The molecule has 1 N–H and O–H groups in total. The Hall–Kier alpha value is -2.77. The minimum Gasteiger partial charge on any atom is -0.348 e. The number of carbonyl (C=O) groups is 1. The Bertz CT molecular complexity index is 886. The third kappa shape index (κ3) is 4.50. The molecule has 4 rings (SSSR count). The number of fused-ring (bicyclic) bond motifs is 1. The van der Waals surface area contributed by atoms with Gasteiger partial charge in [0.05, 0.1) is 13.1 Å². The number of rotatable bonds is 6. The lowest BCUT2D eigenvalue weighted by Gasteiger charge is -2.34. The average Bonchev–Trinajstić information content (AvgIpc) is 3.12. The Balaban J connectivity index is 1.21. The fourth-order valence-corrected chi connectivity index (χ4v) is 3.40. The number of hydrogen-bond acceptors (Lipinski definition) is 5. The lowest BCUT2D eigenvalue weighted by molar-refractivity contribution is -0.122. The summed E-state index contributed by atoms with van der Waals surface area (Å²) in [6.07, 6.45) is 1.91. The minimum absolute atomic E-state index is 0.0270. The van der Waals surface area contributed by atoms with Gasteiger partial charge >= 0.3 is 0 Å². The van der Waals surface area contributed by atoms with Gasteiger partial charge in [0.2, 0.25) is 5.91 Å². The molecule has 0 unspecified atom stereocenters. The van der Waals surface area contributed by atoms with Crippen molar-refractivity contribution < 1.29 is 4.79 Å². The van der Waals surface area contributed by atoms with Crippen molar-refractivity contribution in [3.63, 3.8) is 0 Å². The lowest BCUT2D eigenvalue weighted by Crippen LogP contribution is -2.49. The second kappa shape index (κ2) is 8.28. The van der Waals surface area contributed by atoms with E-state index >= 15 is 0 Å². The Labute approximate surface area is 158 Å². The molecule has 1 aromatic carbocycles. The summed E-state index contributed by atoms with van der Waals surface area (Å²) in [4.78, 5) is 16.9. The molecular formula is C20H24N6O. The van der Waals surface area contributed by atoms with Crippen LogP contribution in [-0.2, 0) is 17.9 Å². The van der Waals surface area contributed by atoms with Crippen LogP contribution in [0, 0.1) is 0 Å². The van der Waals surface area contributed by atoms with Crippen LogP contribution in [0.5, 0.6) is 0 Å². The van der Waals surface area contributed by atoms with E-state index in [4.69, 9.17) is 0 Å². The Morgan fingerprint density at radius 1 is 0.926 bits per heavy atom. The number of carbonyl (C=O) groups excluding carboxylic acids is 1. The van der Waals surface area contributed by atoms with E-state index in [2.05, 4.69) is 49.6 Å². The molecular weight excluding hydrogens is 340 g/mol. The zero-order valence-electron chi connectivity index (χ0n) is 15.3. The Morgan fingerprint density at radius 2 is 1.67 bits per heavy atom. The second-order valence-corrected chi connectivity index (χ2v) is 6.86. The van der Waals surface area contributed by atoms with Gasteiger partial charge in [-0.25, -0.2) is 0 Å². The summed E-state index contributed by atoms with van der Waals surface area (Å²) in [5.41, 5.74) is 2.13. The molecule has 1 fully saturated rings. The third-order valence-corrected chi connectivity index (χ3v) is 4.91. The van der Waals surface area contributed by atoms with Gasteiger partial charge < -0.3 is 5.32 Å². The van der Waals surface area contributed by atoms with Gasteiger partial charge in [0.25, 0.3) is 0 Å². The molecule has 3 aromatic rings. The van der Waals surface area contributed by atoms with E-state index in [-0.39, 0.29) is 5.91 Å². The van der Waals surface area contributed by atoms with Crippen LogP contribution in [-0.4, -0.2) is 63.0 Å². The summed E-state index contributed by atoms with van der Waals surface area (Å²) >= 11 is 0. The van der Waals surface area contributed by atoms with Crippen molar-refractivity contribution >= 4 is 11.6 Å². The topological polar surface area (TPSA) is 65.8 Å².